The maximum Gasteiger partial charge on any atom is 0.234 e. The number of thiophene rings is 1. The molecular weight excluding hydrogens is 254 g/mol. The Kier molecular flexibility index (Phi) is 2.37. The number of rotatable bonds is 2. The van der Waals surface area contributed by atoms with Gasteiger partial charge in [0.2, 0.25) is 4.96 Å². The highest BCUT2D eigenvalue weighted by atomic mass is 32.1. The summed E-state index contributed by atoms with van der Waals surface area (Å²) in [5.41, 5.74) is 6.89. The molecule has 0 bridgehead atoms. The van der Waals surface area contributed by atoms with E-state index in [1.165, 1.54) is 22.7 Å². The Hall–Kier alpha value is -1.47. The van der Waals surface area contributed by atoms with Crippen LogP contribution in [-0.2, 0) is 0 Å². The molecule has 0 radical (unpaired) electrons. The fourth-order valence-electron chi connectivity index (χ4n) is 1.60. The lowest BCUT2D eigenvalue weighted by molar-refractivity contribution is 0.727. The molecule has 0 aliphatic heterocycles. The molecule has 3 aromatic heterocycles. The van der Waals surface area contributed by atoms with Crippen molar-refractivity contribution in [3.63, 3.8) is 0 Å². The van der Waals surface area contributed by atoms with E-state index in [1.807, 2.05) is 16.0 Å². The molecule has 0 fully saturated rings. The summed E-state index contributed by atoms with van der Waals surface area (Å²) in [6.07, 6.45) is 0. The molecule has 0 atom stereocenters. The van der Waals surface area contributed by atoms with E-state index in [9.17, 15) is 0 Å². The number of nitrogens with two attached hydrogens (primary N) is 1. The van der Waals surface area contributed by atoms with Crippen molar-refractivity contribution >= 4 is 32.6 Å². The first-order chi connectivity index (χ1) is 8.16. The zero-order chi connectivity index (χ0) is 12.0. The predicted molar refractivity (Wildman–Crippen MR) is 70.5 cm³/mol. The molecule has 3 heterocycles. The Balaban J connectivity index is 2.18. The average molecular weight is 265 g/mol. The number of nitrogens with zero attached hydrogens (tertiary/aromatic N) is 4. The lowest BCUT2D eigenvalue weighted by Crippen LogP contribution is -1.98. The largest absolute Gasteiger partial charge is 0.390 e. The maximum absolute atomic E-state index is 5.90. The Labute approximate surface area is 106 Å². The van der Waals surface area contributed by atoms with Gasteiger partial charge in [0.1, 0.15) is 0 Å². The predicted octanol–water partition coefficient (Wildman–Crippen LogP) is 2.62. The van der Waals surface area contributed by atoms with Crippen LogP contribution in [0.5, 0.6) is 0 Å². The number of fused-ring (bicyclic) bond motifs is 1. The van der Waals surface area contributed by atoms with Crippen LogP contribution >= 0.6 is 22.7 Å². The summed E-state index contributed by atoms with van der Waals surface area (Å²) in [7, 11) is 0. The molecule has 17 heavy (non-hydrogen) atoms. The topological polar surface area (TPSA) is 69.1 Å². The molecule has 3 rings (SSSR count). The number of anilines is 1. The van der Waals surface area contributed by atoms with E-state index in [2.05, 4.69) is 29.1 Å². The van der Waals surface area contributed by atoms with Crippen molar-refractivity contribution in [3.8, 4) is 10.6 Å². The van der Waals surface area contributed by atoms with Gasteiger partial charge in [-0.3, -0.25) is 0 Å². The van der Waals surface area contributed by atoms with E-state index < -0.39 is 0 Å². The Bertz CT molecular complexity index is 663. The number of hydrogen-bond acceptors (Lipinski definition) is 6. The minimum atomic E-state index is 0.305. The first kappa shape index (κ1) is 10.7. The lowest BCUT2D eigenvalue weighted by Gasteiger charge is -1.97. The molecule has 0 aromatic carbocycles. The highest BCUT2D eigenvalue weighted by Gasteiger charge is 2.16. The standard InChI is InChI=1S/C10H11N5S2/c1-5(2)8-12-13-10-15(8)14-9(17-10)6-3-4-16-7(6)11/h3-5H,11H2,1-2H3. The molecule has 0 saturated carbocycles. The highest BCUT2D eigenvalue weighted by molar-refractivity contribution is 7.20. The number of hydrogen-bond donors (Lipinski definition) is 1. The fourth-order valence-corrected chi connectivity index (χ4v) is 3.19. The maximum atomic E-state index is 5.90. The van der Waals surface area contributed by atoms with Crippen LogP contribution in [0.1, 0.15) is 25.6 Å². The number of nitrogen functional groups attached to an aromatic ring is 1. The molecule has 3 aromatic rings. The first-order valence-electron chi connectivity index (χ1n) is 5.22. The third-order valence-corrected chi connectivity index (χ3v) is 4.14. The van der Waals surface area contributed by atoms with Gasteiger partial charge in [0.25, 0.3) is 0 Å². The van der Waals surface area contributed by atoms with E-state index >= 15 is 0 Å². The van der Waals surface area contributed by atoms with Crippen LogP contribution < -0.4 is 5.73 Å². The minimum Gasteiger partial charge on any atom is -0.390 e. The van der Waals surface area contributed by atoms with Gasteiger partial charge < -0.3 is 5.73 Å². The summed E-state index contributed by atoms with van der Waals surface area (Å²) < 4.78 is 1.81. The second kappa shape index (κ2) is 3.78. The van der Waals surface area contributed by atoms with Crippen molar-refractivity contribution in [2.45, 2.75) is 19.8 Å². The fraction of sp³-hybridized carbons (Fsp3) is 0.300. The SMILES string of the molecule is CC(C)c1nnc2sc(-c3ccsc3N)nn12. The van der Waals surface area contributed by atoms with E-state index in [-0.39, 0.29) is 0 Å². The van der Waals surface area contributed by atoms with Gasteiger partial charge in [-0.1, -0.05) is 25.2 Å². The van der Waals surface area contributed by atoms with E-state index in [0.29, 0.717) is 5.92 Å². The van der Waals surface area contributed by atoms with Crippen molar-refractivity contribution < 1.29 is 0 Å². The second-order valence-electron chi connectivity index (χ2n) is 4.01. The van der Waals surface area contributed by atoms with Gasteiger partial charge in [-0.05, 0) is 11.4 Å². The van der Waals surface area contributed by atoms with Gasteiger partial charge >= 0.3 is 0 Å². The molecular formula is C10H11N5S2. The lowest BCUT2D eigenvalue weighted by atomic mass is 10.2. The zero-order valence-electron chi connectivity index (χ0n) is 9.41. The summed E-state index contributed by atoms with van der Waals surface area (Å²) >= 11 is 3.03. The zero-order valence-corrected chi connectivity index (χ0v) is 11.0. The molecule has 88 valence electrons. The third-order valence-electron chi connectivity index (χ3n) is 2.46. The van der Waals surface area contributed by atoms with Crippen LogP contribution in [0.4, 0.5) is 5.00 Å². The average Bonchev–Trinajstić information content (AvgIpc) is 2.89. The van der Waals surface area contributed by atoms with Crippen molar-refractivity contribution in [1.29, 1.82) is 0 Å². The third kappa shape index (κ3) is 1.62. The van der Waals surface area contributed by atoms with Gasteiger partial charge in [0.15, 0.2) is 10.8 Å². The smallest absolute Gasteiger partial charge is 0.234 e. The summed E-state index contributed by atoms with van der Waals surface area (Å²) in [5, 5.41) is 16.5. The van der Waals surface area contributed by atoms with Crippen LogP contribution in [0.15, 0.2) is 11.4 Å². The van der Waals surface area contributed by atoms with Crippen molar-refractivity contribution in [2.75, 3.05) is 5.73 Å². The van der Waals surface area contributed by atoms with Crippen molar-refractivity contribution in [1.82, 2.24) is 19.8 Å². The van der Waals surface area contributed by atoms with Gasteiger partial charge in [0.05, 0.1) is 5.00 Å². The van der Waals surface area contributed by atoms with Crippen molar-refractivity contribution in [3.05, 3.63) is 17.3 Å². The molecule has 0 aliphatic carbocycles. The summed E-state index contributed by atoms with van der Waals surface area (Å²) in [6.45, 7) is 4.16. The van der Waals surface area contributed by atoms with Crippen LogP contribution in [0.2, 0.25) is 0 Å². The molecule has 0 spiro atoms. The summed E-state index contributed by atoms with van der Waals surface area (Å²) in [6, 6.07) is 1.99. The van der Waals surface area contributed by atoms with Crippen LogP contribution in [0.3, 0.4) is 0 Å². The quantitative estimate of drug-likeness (QED) is 0.773. The van der Waals surface area contributed by atoms with Crippen molar-refractivity contribution in [2.24, 2.45) is 0 Å². The summed E-state index contributed by atoms with van der Waals surface area (Å²) in [5.74, 6) is 1.19. The molecule has 7 heteroatoms. The van der Waals surface area contributed by atoms with E-state index in [4.69, 9.17) is 5.73 Å². The van der Waals surface area contributed by atoms with Crippen LogP contribution in [-0.4, -0.2) is 19.8 Å². The Morgan fingerprint density at radius 2 is 2.18 bits per heavy atom. The van der Waals surface area contributed by atoms with E-state index in [1.54, 1.807) is 0 Å². The second-order valence-corrected chi connectivity index (χ2v) is 5.92. The Morgan fingerprint density at radius 1 is 1.35 bits per heavy atom. The Morgan fingerprint density at radius 3 is 2.82 bits per heavy atom. The monoisotopic (exact) mass is 265 g/mol. The van der Waals surface area contributed by atoms with Crippen LogP contribution in [0, 0.1) is 0 Å². The first-order valence-corrected chi connectivity index (χ1v) is 6.92. The normalized spacial score (nSPS) is 11.7. The molecule has 2 N–H and O–H groups in total. The molecule has 5 nitrogen and oxygen atoms in total. The van der Waals surface area contributed by atoms with Gasteiger partial charge in [-0.2, -0.15) is 9.61 Å². The molecule has 0 unspecified atom stereocenters. The van der Waals surface area contributed by atoms with Gasteiger partial charge in [-0.15, -0.1) is 21.5 Å². The van der Waals surface area contributed by atoms with Gasteiger partial charge in [0, 0.05) is 11.5 Å². The van der Waals surface area contributed by atoms with Gasteiger partial charge in [-0.25, -0.2) is 0 Å². The highest BCUT2D eigenvalue weighted by Crippen LogP contribution is 2.33. The summed E-state index contributed by atoms with van der Waals surface area (Å²) in [4.78, 5) is 0.814. The van der Waals surface area contributed by atoms with E-state index in [0.717, 1.165) is 26.4 Å². The number of aromatic nitrogens is 4. The molecule has 0 amide bonds. The van der Waals surface area contributed by atoms with Crippen LogP contribution in [0.25, 0.3) is 15.5 Å². The molecule has 0 aliphatic rings. The minimum absolute atomic E-state index is 0.305. The molecule has 0 saturated heterocycles.